The minimum absolute atomic E-state index is 0.216. The maximum atomic E-state index is 12.2. The fourth-order valence-electron chi connectivity index (χ4n) is 3.67. The normalized spacial score (nSPS) is 21.2. The third-order valence-electron chi connectivity index (χ3n) is 5.05. The van der Waals surface area contributed by atoms with Crippen molar-refractivity contribution in [1.82, 2.24) is 15.1 Å². The molecule has 2 fully saturated rings. The summed E-state index contributed by atoms with van der Waals surface area (Å²) in [5.41, 5.74) is 1.37. The Morgan fingerprint density at radius 1 is 0.957 bits per heavy atom. The van der Waals surface area contributed by atoms with E-state index >= 15 is 0 Å². The van der Waals surface area contributed by atoms with Crippen molar-refractivity contribution in [3.63, 3.8) is 0 Å². The number of nitrogens with one attached hydrogen (secondary N) is 1. The Bertz CT molecular complexity index is 477. The fourth-order valence-corrected chi connectivity index (χ4v) is 3.67. The van der Waals surface area contributed by atoms with E-state index in [9.17, 15) is 4.79 Å². The van der Waals surface area contributed by atoms with Crippen LogP contribution >= 0.6 is 0 Å². The first-order valence-corrected chi connectivity index (χ1v) is 9.07. The van der Waals surface area contributed by atoms with Crippen LogP contribution in [0.15, 0.2) is 30.3 Å². The molecule has 4 nitrogen and oxygen atoms in total. The molecule has 0 spiro atoms. The number of carbonyl (C=O) groups is 1. The average molecular weight is 315 g/mol. The number of amides is 1. The van der Waals surface area contributed by atoms with Gasteiger partial charge in [-0.1, -0.05) is 49.6 Å². The lowest BCUT2D eigenvalue weighted by atomic mass is 9.95. The van der Waals surface area contributed by atoms with E-state index < -0.39 is 0 Å². The first-order chi connectivity index (χ1) is 11.3. The summed E-state index contributed by atoms with van der Waals surface area (Å²) >= 11 is 0. The molecule has 0 radical (unpaired) electrons. The highest BCUT2D eigenvalue weighted by Gasteiger charge is 2.21. The van der Waals surface area contributed by atoms with Crippen molar-refractivity contribution in [3.8, 4) is 0 Å². The number of carbonyl (C=O) groups excluding carboxylic acids is 1. The van der Waals surface area contributed by atoms with Crippen LogP contribution in [0, 0.1) is 0 Å². The number of hydrogen-bond donors (Lipinski definition) is 1. The van der Waals surface area contributed by atoms with Gasteiger partial charge in [-0.05, 0) is 18.4 Å². The first kappa shape index (κ1) is 16.5. The molecule has 0 bridgehead atoms. The Morgan fingerprint density at radius 2 is 1.61 bits per heavy atom. The van der Waals surface area contributed by atoms with E-state index in [1.54, 1.807) is 0 Å². The fraction of sp³-hybridized carbons (Fsp3) is 0.632. The molecule has 2 aliphatic rings. The summed E-state index contributed by atoms with van der Waals surface area (Å²) in [4.78, 5) is 17.0. The van der Waals surface area contributed by atoms with E-state index in [1.807, 2.05) is 0 Å². The van der Waals surface area contributed by atoms with Gasteiger partial charge in [0.25, 0.3) is 0 Å². The van der Waals surface area contributed by atoms with Gasteiger partial charge in [-0.25, -0.2) is 0 Å². The van der Waals surface area contributed by atoms with Gasteiger partial charge in [0.15, 0.2) is 0 Å². The highest BCUT2D eigenvalue weighted by Crippen LogP contribution is 2.17. The summed E-state index contributed by atoms with van der Waals surface area (Å²) in [5.74, 6) is 0.216. The van der Waals surface area contributed by atoms with Gasteiger partial charge >= 0.3 is 0 Å². The number of nitrogens with zero attached hydrogens (tertiary/aromatic N) is 2. The molecule has 1 saturated carbocycles. The SMILES string of the molecule is O=C(CN1CCN(Cc2ccccc2)CC1)NC1CCCCC1. The molecule has 1 heterocycles. The summed E-state index contributed by atoms with van der Waals surface area (Å²) in [6.07, 6.45) is 6.19. The van der Waals surface area contributed by atoms with Gasteiger partial charge in [-0.2, -0.15) is 0 Å². The first-order valence-electron chi connectivity index (χ1n) is 9.07. The van der Waals surface area contributed by atoms with Crippen LogP contribution in [0.25, 0.3) is 0 Å². The Kier molecular flexibility index (Phi) is 6.06. The van der Waals surface area contributed by atoms with E-state index in [-0.39, 0.29) is 5.91 Å². The third kappa shape index (κ3) is 5.33. The van der Waals surface area contributed by atoms with Gasteiger partial charge in [0.05, 0.1) is 6.54 Å². The Hall–Kier alpha value is -1.39. The molecule has 3 rings (SSSR count). The van der Waals surface area contributed by atoms with E-state index in [0.29, 0.717) is 12.6 Å². The lowest BCUT2D eigenvalue weighted by molar-refractivity contribution is -0.123. The van der Waals surface area contributed by atoms with Crippen LogP contribution < -0.4 is 5.32 Å². The number of rotatable bonds is 5. The molecule has 1 amide bonds. The van der Waals surface area contributed by atoms with Crippen molar-refractivity contribution in [2.45, 2.75) is 44.7 Å². The zero-order chi connectivity index (χ0) is 15.9. The second kappa shape index (κ2) is 8.46. The van der Waals surface area contributed by atoms with Crippen molar-refractivity contribution < 1.29 is 4.79 Å². The molecule has 4 heteroatoms. The Morgan fingerprint density at radius 3 is 2.30 bits per heavy atom. The van der Waals surface area contributed by atoms with Crippen LogP contribution in [0.3, 0.4) is 0 Å². The summed E-state index contributed by atoms with van der Waals surface area (Å²) in [6.45, 7) is 5.66. The highest BCUT2D eigenvalue weighted by molar-refractivity contribution is 5.78. The molecule has 0 aromatic heterocycles. The van der Waals surface area contributed by atoms with Crippen LogP contribution in [0.5, 0.6) is 0 Å². The van der Waals surface area contributed by atoms with E-state index in [2.05, 4.69) is 45.4 Å². The van der Waals surface area contributed by atoms with E-state index in [0.717, 1.165) is 45.6 Å². The third-order valence-corrected chi connectivity index (χ3v) is 5.05. The van der Waals surface area contributed by atoms with Gasteiger partial charge in [-0.15, -0.1) is 0 Å². The van der Waals surface area contributed by atoms with Crippen molar-refractivity contribution >= 4 is 5.91 Å². The van der Waals surface area contributed by atoms with Crippen LogP contribution in [-0.2, 0) is 11.3 Å². The molecule has 1 N–H and O–H groups in total. The number of benzene rings is 1. The van der Waals surface area contributed by atoms with Gasteiger partial charge in [-0.3, -0.25) is 14.6 Å². The smallest absolute Gasteiger partial charge is 0.234 e. The summed E-state index contributed by atoms with van der Waals surface area (Å²) in [7, 11) is 0. The lowest BCUT2D eigenvalue weighted by Gasteiger charge is -2.34. The molecule has 1 aromatic carbocycles. The largest absolute Gasteiger partial charge is 0.352 e. The summed E-state index contributed by atoms with van der Waals surface area (Å²) < 4.78 is 0. The predicted molar refractivity (Wildman–Crippen MR) is 93.2 cm³/mol. The van der Waals surface area contributed by atoms with Crippen molar-refractivity contribution in [1.29, 1.82) is 0 Å². The second-order valence-electron chi connectivity index (χ2n) is 6.94. The second-order valence-corrected chi connectivity index (χ2v) is 6.94. The van der Waals surface area contributed by atoms with Gasteiger partial charge < -0.3 is 5.32 Å². The highest BCUT2D eigenvalue weighted by atomic mass is 16.2. The molecular formula is C19H29N3O. The number of piperazine rings is 1. The van der Waals surface area contributed by atoms with Gasteiger partial charge in [0.2, 0.25) is 5.91 Å². The Balaban J connectivity index is 1.36. The van der Waals surface area contributed by atoms with Crippen LogP contribution in [0.4, 0.5) is 0 Å². The number of hydrogen-bond acceptors (Lipinski definition) is 3. The molecule has 126 valence electrons. The van der Waals surface area contributed by atoms with Gasteiger partial charge in [0, 0.05) is 38.8 Å². The zero-order valence-corrected chi connectivity index (χ0v) is 14.0. The molecule has 0 unspecified atom stereocenters. The van der Waals surface area contributed by atoms with Crippen LogP contribution in [-0.4, -0.2) is 54.5 Å². The minimum atomic E-state index is 0.216. The summed E-state index contributed by atoms with van der Waals surface area (Å²) in [5, 5.41) is 3.22. The molecule has 1 aliphatic heterocycles. The molecule has 0 atom stereocenters. The average Bonchev–Trinajstić information content (AvgIpc) is 2.58. The maximum absolute atomic E-state index is 12.2. The van der Waals surface area contributed by atoms with Crippen molar-refractivity contribution in [2.75, 3.05) is 32.7 Å². The molecule has 1 aromatic rings. The maximum Gasteiger partial charge on any atom is 0.234 e. The van der Waals surface area contributed by atoms with E-state index in [4.69, 9.17) is 0 Å². The summed E-state index contributed by atoms with van der Waals surface area (Å²) in [6, 6.07) is 11.1. The van der Waals surface area contributed by atoms with Crippen LogP contribution in [0.1, 0.15) is 37.7 Å². The predicted octanol–water partition coefficient (Wildman–Crippen LogP) is 2.25. The quantitative estimate of drug-likeness (QED) is 0.905. The molecule has 1 saturated heterocycles. The molecular weight excluding hydrogens is 286 g/mol. The molecule has 1 aliphatic carbocycles. The lowest BCUT2D eigenvalue weighted by Crippen LogP contribution is -2.50. The van der Waals surface area contributed by atoms with Gasteiger partial charge in [0.1, 0.15) is 0 Å². The zero-order valence-electron chi connectivity index (χ0n) is 14.0. The topological polar surface area (TPSA) is 35.6 Å². The van der Waals surface area contributed by atoms with Crippen molar-refractivity contribution in [3.05, 3.63) is 35.9 Å². The van der Waals surface area contributed by atoms with E-state index in [1.165, 1.54) is 24.8 Å². The van der Waals surface area contributed by atoms with Crippen molar-refractivity contribution in [2.24, 2.45) is 0 Å². The monoisotopic (exact) mass is 315 g/mol. The minimum Gasteiger partial charge on any atom is -0.352 e. The Labute approximate surface area is 139 Å². The van der Waals surface area contributed by atoms with Crippen LogP contribution in [0.2, 0.25) is 0 Å². The molecule has 23 heavy (non-hydrogen) atoms. The standard InChI is InChI=1S/C19H29N3O/c23-19(20-18-9-5-2-6-10-18)16-22-13-11-21(12-14-22)15-17-7-3-1-4-8-17/h1,3-4,7-8,18H,2,5-6,9-16H2,(H,20,23).